The fourth-order valence-electron chi connectivity index (χ4n) is 8.68. The average Bonchev–Trinajstić information content (AvgIpc) is 3.26. The third-order valence-corrected chi connectivity index (χ3v) is 11.7. The standard InChI is InChI=1S/C47H48N4O7/c1-57-43-18-14-34(24-36(43)26-48-27-42(53)38-15-17-41(52)45-39(38)16-19-44(54)49-45)31-12-10-30(11-13-31)29-58-37-9-5-8-35(25-37)46(33-6-3-2-4-7-33)51(47(55)56)40-28-50-22-20-32(40)21-23-50/h2-19,24-25,32,40,42,46,48,52-53H,20-23,26-29H2,1H3,(H,49,54)(H,55,56)/t40?,42?,46-/m0/s1. The highest BCUT2D eigenvalue weighted by Crippen LogP contribution is 2.39. The number of carboxylic acid groups (broad SMARTS) is 1. The van der Waals surface area contributed by atoms with Gasteiger partial charge in [-0.05, 0) is 102 Å². The molecule has 1 amide bonds. The van der Waals surface area contributed by atoms with E-state index in [1.54, 1.807) is 24.1 Å². The zero-order valence-corrected chi connectivity index (χ0v) is 32.4. The number of aromatic nitrogens is 1. The molecule has 6 aromatic rings. The minimum atomic E-state index is -0.905. The predicted molar refractivity (Wildman–Crippen MR) is 223 cm³/mol. The number of phenols is 1. The van der Waals surface area contributed by atoms with Crippen molar-refractivity contribution in [1.82, 2.24) is 20.1 Å². The maximum atomic E-state index is 13.1. The van der Waals surface area contributed by atoms with Crippen molar-refractivity contribution >= 4 is 17.0 Å². The molecular weight excluding hydrogens is 733 g/mol. The molecule has 58 heavy (non-hydrogen) atoms. The van der Waals surface area contributed by atoms with Gasteiger partial charge >= 0.3 is 6.09 Å². The van der Waals surface area contributed by atoms with Crippen LogP contribution in [0.3, 0.4) is 0 Å². The van der Waals surface area contributed by atoms with Crippen LogP contribution in [0.2, 0.25) is 0 Å². The van der Waals surface area contributed by atoms with Crippen LogP contribution in [-0.4, -0.2) is 75.5 Å². The molecule has 5 N–H and O–H groups in total. The number of fused-ring (bicyclic) bond motifs is 4. The Kier molecular flexibility index (Phi) is 11.5. The summed E-state index contributed by atoms with van der Waals surface area (Å²) in [6.07, 6.45) is 0.248. The number of aromatic amines is 1. The maximum Gasteiger partial charge on any atom is 0.408 e. The van der Waals surface area contributed by atoms with Gasteiger partial charge in [0.25, 0.3) is 0 Å². The first-order valence-electron chi connectivity index (χ1n) is 19.8. The number of aliphatic hydroxyl groups is 1. The summed E-state index contributed by atoms with van der Waals surface area (Å²) < 4.78 is 12.0. The molecule has 0 saturated carbocycles. The zero-order valence-electron chi connectivity index (χ0n) is 32.4. The number of hydrogen-bond donors (Lipinski definition) is 5. The summed E-state index contributed by atoms with van der Waals surface area (Å²) >= 11 is 0. The summed E-state index contributed by atoms with van der Waals surface area (Å²) in [6, 6.07) is 37.5. The molecular formula is C47H48N4O7. The number of piperidine rings is 3. The molecule has 9 rings (SSSR count). The van der Waals surface area contributed by atoms with Gasteiger partial charge in [-0.3, -0.25) is 9.69 Å². The molecule has 0 radical (unpaired) electrons. The van der Waals surface area contributed by atoms with E-state index in [9.17, 15) is 24.9 Å². The van der Waals surface area contributed by atoms with E-state index >= 15 is 0 Å². The minimum absolute atomic E-state index is 0.0540. The van der Waals surface area contributed by atoms with Crippen LogP contribution in [0.15, 0.2) is 126 Å². The van der Waals surface area contributed by atoms with Gasteiger partial charge < -0.3 is 40.0 Å². The number of nitrogens with zero attached hydrogens (tertiary/aromatic N) is 2. The number of carbonyl (C=O) groups is 1. The van der Waals surface area contributed by atoms with Crippen molar-refractivity contribution in [2.45, 2.75) is 44.2 Å². The summed E-state index contributed by atoms with van der Waals surface area (Å²) in [5, 5.41) is 35.9. The number of methoxy groups -OCH3 is 1. The number of ether oxygens (including phenoxy) is 2. The van der Waals surface area contributed by atoms with E-state index < -0.39 is 18.2 Å². The van der Waals surface area contributed by atoms with Gasteiger partial charge in [0.15, 0.2) is 0 Å². The highest BCUT2D eigenvalue weighted by Gasteiger charge is 2.43. The van der Waals surface area contributed by atoms with Crippen molar-refractivity contribution in [3.8, 4) is 28.4 Å². The largest absolute Gasteiger partial charge is 0.506 e. The van der Waals surface area contributed by atoms with Crippen LogP contribution in [0.1, 0.15) is 52.8 Å². The number of hydrogen-bond acceptors (Lipinski definition) is 8. The lowest BCUT2D eigenvalue weighted by molar-refractivity contribution is -0.000812. The van der Waals surface area contributed by atoms with Crippen LogP contribution in [-0.2, 0) is 13.2 Å². The highest BCUT2D eigenvalue weighted by molar-refractivity contribution is 5.87. The second kappa shape index (κ2) is 17.2. The first-order chi connectivity index (χ1) is 28.2. The van der Waals surface area contributed by atoms with Gasteiger partial charge in [0.1, 0.15) is 23.9 Å². The molecule has 0 spiro atoms. The predicted octanol–water partition coefficient (Wildman–Crippen LogP) is 7.48. The topological polar surface area (TPSA) is 148 Å². The molecule has 3 atom stereocenters. The van der Waals surface area contributed by atoms with E-state index in [0.717, 1.165) is 71.6 Å². The second-order valence-electron chi connectivity index (χ2n) is 15.2. The van der Waals surface area contributed by atoms with E-state index in [4.69, 9.17) is 9.47 Å². The molecule has 298 valence electrons. The third-order valence-electron chi connectivity index (χ3n) is 11.7. The van der Waals surface area contributed by atoms with Crippen LogP contribution in [0.25, 0.3) is 22.0 Å². The SMILES string of the molecule is COc1ccc(-c2ccc(COc3cccc([C@H](c4ccccc4)N(C(=O)O)C4CN5CCC4CC5)c3)cc2)cc1CNCC(O)c1ccc(O)c2[nH]c(=O)ccc12. The number of H-pyrrole nitrogens is 1. The monoisotopic (exact) mass is 780 g/mol. The minimum Gasteiger partial charge on any atom is -0.506 e. The Morgan fingerprint density at radius 1 is 0.897 bits per heavy atom. The summed E-state index contributed by atoms with van der Waals surface area (Å²) in [5.74, 6) is 1.69. The molecule has 3 fully saturated rings. The van der Waals surface area contributed by atoms with Gasteiger partial charge in [0, 0.05) is 36.7 Å². The van der Waals surface area contributed by atoms with Gasteiger partial charge in [0.2, 0.25) is 5.56 Å². The van der Waals surface area contributed by atoms with Gasteiger partial charge in [-0.15, -0.1) is 0 Å². The Hall–Kier alpha value is -6.14. The van der Waals surface area contributed by atoms with Crippen LogP contribution < -0.4 is 20.3 Å². The number of pyridine rings is 1. The van der Waals surface area contributed by atoms with Crippen molar-refractivity contribution < 1.29 is 29.6 Å². The van der Waals surface area contributed by atoms with E-state index in [2.05, 4.69) is 33.4 Å². The van der Waals surface area contributed by atoms with Crippen molar-refractivity contribution in [2.75, 3.05) is 33.3 Å². The molecule has 1 aromatic heterocycles. The Balaban J connectivity index is 0.938. The first-order valence-corrected chi connectivity index (χ1v) is 19.8. The number of aliphatic hydroxyl groups excluding tert-OH is 1. The lowest BCUT2D eigenvalue weighted by Gasteiger charge is -2.50. The molecule has 11 nitrogen and oxygen atoms in total. The van der Waals surface area contributed by atoms with Gasteiger partial charge in [-0.2, -0.15) is 0 Å². The van der Waals surface area contributed by atoms with E-state index in [-0.39, 0.29) is 23.9 Å². The Bertz CT molecular complexity index is 2430. The summed E-state index contributed by atoms with van der Waals surface area (Å²) in [7, 11) is 1.63. The third kappa shape index (κ3) is 8.29. The van der Waals surface area contributed by atoms with Gasteiger partial charge in [-0.25, -0.2) is 4.79 Å². The molecule has 4 heterocycles. The Morgan fingerprint density at radius 2 is 1.66 bits per heavy atom. The lowest BCUT2D eigenvalue weighted by atomic mass is 9.81. The molecule has 3 saturated heterocycles. The lowest BCUT2D eigenvalue weighted by Crippen LogP contribution is -2.59. The summed E-state index contributed by atoms with van der Waals surface area (Å²) in [6.45, 7) is 3.84. The molecule has 3 aliphatic heterocycles. The second-order valence-corrected chi connectivity index (χ2v) is 15.2. The van der Waals surface area contributed by atoms with Crippen LogP contribution in [0.5, 0.6) is 17.2 Å². The smallest absolute Gasteiger partial charge is 0.408 e. The van der Waals surface area contributed by atoms with Crippen molar-refractivity contribution in [2.24, 2.45) is 5.92 Å². The van der Waals surface area contributed by atoms with E-state index in [1.807, 2.05) is 78.9 Å². The molecule has 2 unspecified atom stereocenters. The first kappa shape index (κ1) is 38.7. The number of amides is 1. The van der Waals surface area contributed by atoms with E-state index in [1.165, 1.54) is 12.1 Å². The molecule has 11 heteroatoms. The van der Waals surface area contributed by atoms with Crippen LogP contribution >= 0.6 is 0 Å². The number of benzene rings is 5. The molecule has 0 aliphatic carbocycles. The van der Waals surface area contributed by atoms with Gasteiger partial charge in [-0.1, -0.05) is 78.9 Å². The number of nitrogens with one attached hydrogen (secondary N) is 2. The number of phenolic OH excluding ortho intramolecular Hbond substituents is 1. The quantitative estimate of drug-likeness (QED) is 0.0760. The Morgan fingerprint density at radius 3 is 2.38 bits per heavy atom. The number of rotatable bonds is 14. The van der Waals surface area contributed by atoms with Crippen LogP contribution in [0, 0.1) is 5.92 Å². The normalized spacial score (nSPS) is 18.4. The summed E-state index contributed by atoms with van der Waals surface area (Å²) in [5.41, 5.74) is 6.30. The molecule has 5 aromatic carbocycles. The van der Waals surface area contributed by atoms with E-state index in [0.29, 0.717) is 41.3 Å². The molecule has 2 bridgehead atoms. The zero-order chi connectivity index (χ0) is 40.2. The van der Waals surface area contributed by atoms with Crippen molar-refractivity contribution in [3.05, 3.63) is 159 Å². The average molecular weight is 781 g/mol. The Labute approximate surface area is 337 Å². The van der Waals surface area contributed by atoms with Crippen molar-refractivity contribution in [1.29, 1.82) is 0 Å². The fraction of sp³-hybridized carbons (Fsp3) is 0.277. The molecule has 3 aliphatic rings. The maximum absolute atomic E-state index is 13.1. The highest BCUT2D eigenvalue weighted by atomic mass is 16.5. The fourth-order valence-corrected chi connectivity index (χ4v) is 8.68. The number of aromatic hydroxyl groups is 1. The summed E-state index contributed by atoms with van der Waals surface area (Å²) in [4.78, 5) is 31.6. The van der Waals surface area contributed by atoms with Crippen LogP contribution in [0.4, 0.5) is 4.79 Å². The van der Waals surface area contributed by atoms with Crippen molar-refractivity contribution in [3.63, 3.8) is 0 Å². The van der Waals surface area contributed by atoms with Gasteiger partial charge in [0.05, 0.1) is 30.8 Å².